The molecular formula is C14H30INO. The molecule has 0 rings (SSSR count). The van der Waals surface area contributed by atoms with Crippen molar-refractivity contribution in [3.8, 4) is 0 Å². The fourth-order valence-electron chi connectivity index (χ4n) is 2.09. The Hall–Kier alpha value is 0.650. The number of nitrogens with one attached hydrogen (secondary N) is 1. The van der Waals surface area contributed by atoms with Crippen molar-refractivity contribution in [1.29, 1.82) is 0 Å². The number of rotatable bonds is 6. The van der Waals surface area contributed by atoms with E-state index in [1.54, 1.807) is 0 Å². The zero-order chi connectivity index (χ0) is 13.9. The molecule has 0 radical (unpaired) electrons. The molecule has 0 bridgehead atoms. The Balaban J connectivity index is 4.85. The Labute approximate surface area is 121 Å². The van der Waals surface area contributed by atoms with Crippen molar-refractivity contribution >= 4 is 22.6 Å². The van der Waals surface area contributed by atoms with Crippen LogP contribution in [0.25, 0.3) is 0 Å². The van der Waals surface area contributed by atoms with E-state index in [-0.39, 0.29) is 21.1 Å². The number of aliphatic hydroxyl groups excluding tert-OH is 1. The number of halogens is 1. The van der Waals surface area contributed by atoms with Gasteiger partial charge in [-0.15, -0.1) is 0 Å². The monoisotopic (exact) mass is 355 g/mol. The van der Waals surface area contributed by atoms with Gasteiger partial charge in [0.1, 0.15) is 0 Å². The molecule has 0 aromatic heterocycles. The highest BCUT2D eigenvalue weighted by Gasteiger charge is 2.36. The largest absolute Gasteiger partial charge is 0.390 e. The molecule has 3 atom stereocenters. The van der Waals surface area contributed by atoms with Crippen LogP contribution >= 0.6 is 22.6 Å². The van der Waals surface area contributed by atoms with Gasteiger partial charge in [-0.05, 0) is 47.0 Å². The van der Waals surface area contributed by atoms with Crippen molar-refractivity contribution in [3.05, 3.63) is 0 Å². The first kappa shape index (κ1) is 17.6. The second kappa shape index (κ2) is 6.71. The smallest absolute Gasteiger partial charge is 0.0835 e. The first-order chi connectivity index (χ1) is 7.49. The normalized spacial score (nSPS) is 18.9. The lowest BCUT2D eigenvalue weighted by atomic mass is 9.86. The third-order valence-electron chi connectivity index (χ3n) is 3.00. The van der Waals surface area contributed by atoms with Crippen LogP contribution in [0.5, 0.6) is 0 Å². The van der Waals surface area contributed by atoms with E-state index in [1.165, 1.54) is 0 Å². The highest BCUT2D eigenvalue weighted by atomic mass is 127. The second-order valence-electron chi connectivity index (χ2n) is 6.70. The number of alkyl halides is 1. The van der Waals surface area contributed by atoms with E-state index in [4.69, 9.17) is 0 Å². The fourth-order valence-corrected chi connectivity index (χ4v) is 2.48. The van der Waals surface area contributed by atoms with Gasteiger partial charge in [0, 0.05) is 15.0 Å². The summed E-state index contributed by atoms with van der Waals surface area (Å²) in [6.45, 7) is 15.1. The van der Waals surface area contributed by atoms with Crippen molar-refractivity contribution in [1.82, 2.24) is 5.32 Å². The summed E-state index contributed by atoms with van der Waals surface area (Å²) in [7, 11) is 0. The van der Waals surface area contributed by atoms with Crippen molar-refractivity contribution in [2.45, 2.75) is 82.4 Å². The first-order valence-electron chi connectivity index (χ1n) is 6.63. The zero-order valence-electron chi connectivity index (χ0n) is 12.5. The molecule has 0 saturated carbocycles. The summed E-state index contributed by atoms with van der Waals surface area (Å²) in [5, 5.41) is 14.1. The Bertz CT molecular complexity index is 217. The van der Waals surface area contributed by atoms with E-state index < -0.39 is 0 Å². The SMILES string of the molecule is CCCC(C)C(NC(C)(C)C)C(O)C(C)(C)I. The van der Waals surface area contributed by atoms with Crippen LogP contribution < -0.4 is 5.32 Å². The van der Waals surface area contributed by atoms with Gasteiger partial charge < -0.3 is 10.4 Å². The molecule has 104 valence electrons. The molecule has 3 unspecified atom stereocenters. The van der Waals surface area contributed by atoms with Gasteiger partial charge in [0.2, 0.25) is 0 Å². The summed E-state index contributed by atoms with van der Waals surface area (Å²) >= 11 is 2.34. The topological polar surface area (TPSA) is 32.3 Å². The van der Waals surface area contributed by atoms with E-state index >= 15 is 0 Å². The lowest BCUT2D eigenvalue weighted by Gasteiger charge is -2.40. The molecule has 2 nitrogen and oxygen atoms in total. The van der Waals surface area contributed by atoms with Gasteiger partial charge in [-0.25, -0.2) is 0 Å². The number of hydrogen-bond acceptors (Lipinski definition) is 2. The van der Waals surface area contributed by atoms with E-state index in [2.05, 4.69) is 76.4 Å². The molecule has 0 aromatic carbocycles. The molecule has 0 saturated heterocycles. The molecule has 0 spiro atoms. The molecule has 2 N–H and O–H groups in total. The van der Waals surface area contributed by atoms with Gasteiger partial charge in [0.05, 0.1) is 6.10 Å². The Morgan fingerprint density at radius 3 is 1.94 bits per heavy atom. The van der Waals surface area contributed by atoms with Gasteiger partial charge in [0.15, 0.2) is 0 Å². The van der Waals surface area contributed by atoms with Crippen LogP contribution in [0.4, 0.5) is 0 Å². The molecule has 0 heterocycles. The molecular weight excluding hydrogens is 325 g/mol. The van der Waals surface area contributed by atoms with Gasteiger partial charge in [-0.1, -0.05) is 42.9 Å². The average Bonchev–Trinajstić information content (AvgIpc) is 2.10. The number of aliphatic hydroxyl groups is 1. The van der Waals surface area contributed by atoms with E-state index in [9.17, 15) is 5.11 Å². The Morgan fingerprint density at radius 2 is 1.65 bits per heavy atom. The van der Waals surface area contributed by atoms with Crippen LogP contribution in [0.1, 0.15) is 61.3 Å². The molecule has 0 aliphatic rings. The Morgan fingerprint density at radius 1 is 1.18 bits per heavy atom. The molecule has 3 heteroatoms. The van der Waals surface area contributed by atoms with Crippen molar-refractivity contribution in [3.63, 3.8) is 0 Å². The molecule has 0 fully saturated rings. The predicted octanol–water partition coefficient (Wildman–Crippen LogP) is 3.75. The van der Waals surface area contributed by atoms with Crippen LogP contribution in [-0.4, -0.2) is 26.2 Å². The highest BCUT2D eigenvalue weighted by Crippen LogP contribution is 2.29. The summed E-state index contributed by atoms with van der Waals surface area (Å²) in [5.41, 5.74) is 0.0372. The van der Waals surface area contributed by atoms with Crippen molar-refractivity contribution in [2.75, 3.05) is 0 Å². The van der Waals surface area contributed by atoms with Crippen LogP contribution in [0.2, 0.25) is 0 Å². The molecule has 0 aromatic rings. The highest BCUT2D eigenvalue weighted by molar-refractivity contribution is 14.1. The van der Waals surface area contributed by atoms with Crippen molar-refractivity contribution in [2.24, 2.45) is 5.92 Å². The van der Waals surface area contributed by atoms with E-state index in [0.717, 1.165) is 12.8 Å². The molecule has 0 aliphatic heterocycles. The summed E-state index contributed by atoms with van der Waals surface area (Å²) < 4.78 is -0.108. The van der Waals surface area contributed by atoms with Gasteiger partial charge in [-0.3, -0.25) is 0 Å². The maximum atomic E-state index is 10.5. The predicted molar refractivity (Wildman–Crippen MR) is 84.9 cm³/mol. The molecule has 0 amide bonds. The fraction of sp³-hybridized carbons (Fsp3) is 1.00. The summed E-state index contributed by atoms with van der Waals surface area (Å²) in [6.07, 6.45) is 1.99. The lowest BCUT2D eigenvalue weighted by Crippen LogP contribution is -2.57. The minimum atomic E-state index is -0.330. The standard InChI is InChI=1S/C14H30INO/c1-8-9-10(2)11(16-13(3,4)5)12(17)14(6,7)15/h10-12,16-17H,8-9H2,1-7H3. The van der Waals surface area contributed by atoms with E-state index in [1.807, 2.05) is 0 Å². The Kier molecular flexibility index (Phi) is 6.97. The van der Waals surface area contributed by atoms with Crippen LogP contribution in [0.15, 0.2) is 0 Å². The quantitative estimate of drug-likeness (QED) is 0.562. The lowest BCUT2D eigenvalue weighted by molar-refractivity contribution is 0.0646. The average molecular weight is 355 g/mol. The maximum absolute atomic E-state index is 10.5. The minimum Gasteiger partial charge on any atom is -0.390 e. The molecule has 0 aliphatic carbocycles. The zero-order valence-corrected chi connectivity index (χ0v) is 14.6. The molecule has 17 heavy (non-hydrogen) atoms. The third kappa shape index (κ3) is 6.97. The first-order valence-corrected chi connectivity index (χ1v) is 7.71. The van der Waals surface area contributed by atoms with Crippen LogP contribution in [0, 0.1) is 5.92 Å². The van der Waals surface area contributed by atoms with Crippen molar-refractivity contribution < 1.29 is 5.11 Å². The van der Waals surface area contributed by atoms with Gasteiger partial charge in [-0.2, -0.15) is 0 Å². The van der Waals surface area contributed by atoms with Crippen LogP contribution in [-0.2, 0) is 0 Å². The summed E-state index contributed by atoms with van der Waals surface area (Å²) in [5.74, 6) is 0.489. The summed E-state index contributed by atoms with van der Waals surface area (Å²) in [6, 6.07) is 0.154. The van der Waals surface area contributed by atoms with E-state index in [0.29, 0.717) is 5.92 Å². The second-order valence-corrected chi connectivity index (χ2v) is 9.48. The maximum Gasteiger partial charge on any atom is 0.0835 e. The number of hydrogen-bond donors (Lipinski definition) is 2. The van der Waals surface area contributed by atoms with Gasteiger partial charge in [0.25, 0.3) is 0 Å². The van der Waals surface area contributed by atoms with Crippen LogP contribution in [0.3, 0.4) is 0 Å². The third-order valence-corrected chi connectivity index (χ3v) is 3.64. The minimum absolute atomic E-state index is 0.0372. The summed E-state index contributed by atoms with van der Waals surface area (Å²) in [4.78, 5) is 0. The van der Waals surface area contributed by atoms with Gasteiger partial charge >= 0.3 is 0 Å².